The van der Waals surface area contributed by atoms with E-state index in [2.05, 4.69) is 15.1 Å². The van der Waals surface area contributed by atoms with Gasteiger partial charge in [0, 0.05) is 25.7 Å². The van der Waals surface area contributed by atoms with Gasteiger partial charge in [0.2, 0.25) is 0 Å². The van der Waals surface area contributed by atoms with Crippen LogP contribution in [0.4, 0.5) is 0 Å². The maximum atomic E-state index is 3.72. The van der Waals surface area contributed by atoms with Crippen molar-refractivity contribution in [3.8, 4) is 0 Å². The summed E-state index contributed by atoms with van der Waals surface area (Å²) < 4.78 is 0. The molecule has 0 amide bonds. The largest absolute Gasteiger partial charge is 0.315 e. The van der Waals surface area contributed by atoms with Gasteiger partial charge in [-0.3, -0.25) is 4.90 Å². The summed E-state index contributed by atoms with van der Waals surface area (Å²) in [6.07, 6.45) is 13.1. The standard InChI is InChI=1S/C18H35N3/c1-3-7-17(8-4-1)15-19-10-14-20-13-9-18(16-20)21-11-5-2-6-12-21/h17-19H,1-16H2. The molecular weight excluding hydrogens is 258 g/mol. The number of nitrogens with one attached hydrogen (secondary N) is 1. The molecule has 1 aliphatic carbocycles. The number of likely N-dealkylation sites (tertiary alicyclic amines) is 2. The first-order chi connectivity index (χ1) is 10.4. The van der Waals surface area contributed by atoms with Crippen LogP contribution in [-0.4, -0.2) is 61.7 Å². The zero-order valence-corrected chi connectivity index (χ0v) is 13.9. The predicted molar refractivity (Wildman–Crippen MR) is 89.7 cm³/mol. The molecule has 3 heteroatoms. The molecule has 0 aromatic carbocycles. The summed E-state index contributed by atoms with van der Waals surface area (Å²) in [5.74, 6) is 0.971. The second-order valence-corrected chi connectivity index (χ2v) is 7.55. The molecular formula is C18H35N3. The second-order valence-electron chi connectivity index (χ2n) is 7.55. The summed E-state index contributed by atoms with van der Waals surface area (Å²) >= 11 is 0. The maximum Gasteiger partial charge on any atom is 0.0235 e. The van der Waals surface area contributed by atoms with E-state index in [4.69, 9.17) is 0 Å². The molecule has 2 aliphatic heterocycles. The van der Waals surface area contributed by atoms with Crippen molar-refractivity contribution in [2.24, 2.45) is 5.92 Å². The van der Waals surface area contributed by atoms with E-state index in [1.165, 1.54) is 104 Å². The third-order valence-corrected chi connectivity index (χ3v) is 5.92. The van der Waals surface area contributed by atoms with Crippen molar-refractivity contribution in [2.75, 3.05) is 45.8 Å². The minimum absolute atomic E-state index is 0.864. The lowest BCUT2D eigenvalue weighted by molar-refractivity contribution is 0.162. The van der Waals surface area contributed by atoms with Gasteiger partial charge in [-0.2, -0.15) is 0 Å². The number of rotatable bonds is 6. The van der Waals surface area contributed by atoms with E-state index in [9.17, 15) is 0 Å². The van der Waals surface area contributed by atoms with Crippen molar-refractivity contribution >= 4 is 0 Å². The van der Waals surface area contributed by atoms with E-state index in [-0.39, 0.29) is 0 Å². The van der Waals surface area contributed by atoms with E-state index >= 15 is 0 Å². The molecule has 0 spiro atoms. The van der Waals surface area contributed by atoms with Gasteiger partial charge in [-0.25, -0.2) is 0 Å². The Morgan fingerprint density at radius 1 is 0.810 bits per heavy atom. The molecule has 3 fully saturated rings. The highest BCUT2D eigenvalue weighted by Gasteiger charge is 2.27. The van der Waals surface area contributed by atoms with Crippen LogP contribution in [0.1, 0.15) is 57.8 Å². The topological polar surface area (TPSA) is 18.5 Å². The Hall–Kier alpha value is -0.120. The fourth-order valence-electron chi connectivity index (χ4n) is 4.53. The summed E-state index contributed by atoms with van der Waals surface area (Å²) in [5.41, 5.74) is 0. The number of hydrogen-bond acceptors (Lipinski definition) is 3. The predicted octanol–water partition coefficient (Wildman–Crippen LogP) is 2.72. The Morgan fingerprint density at radius 3 is 2.38 bits per heavy atom. The van der Waals surface area contributed by atoms with Crippen LogP contribution in [0.2, 0.25) is 0 Å². The zero-order valence-electron chi connectivity index (χ0n) is 13.9. The second kappa shape index (κ2) is 8.50. The lowest BCUT2D eigenvalue weighted by atomic mass is 9.89. The average molecular weight is 293 g/mol. The molecule has 1 saturated carbocycles. The highest BCUT2D eigenvalue weighted by Crippen LogP contribution is 2.23. The van der Waals surface area contributed by atoms with Crippen molar-refractivity contribution in [2.45, 2.75) is 63.8 Å². The van der Waals surface area contributed by atoms with E-state index in [0.29, 0.717) is 0 Å². The summed E-state index contributed by atoms with van der Waals surface area (Å²) in [6, 6.07) is 0.864. The molecule has 21 heavy (non-hydrogen) atoms. The Morgan fingerprint density at radius 2 is 1.57 bits per heavy atom. The number of nitrogens with zero attached hydrogens (tertiary/aromatic N) is 2. The molecule has 0 bridgehead atoms. The fraction of sp³-hybridized carbons (Fsp3) is 1.00. The third-order valence-electron chi connectivity index (χ3n) is 5.92. The van der Waals surface area contributed by atoms with Crippen LogP contribution in [-0.2, 0) is 0 Å². The minimum atomic E-state index is 0.864. The van der Waals surface area contributed by atoms with Crippen LogP contribution in [0.25, 0.3) is 0 Å². The Balaban J connectivity index is 1.26. The van der Waals surface area contributed by atoms with Gasteiger partial charge in [0.1, 0.15) is 0 Å². The zero-order chi connectivity index (χ0) is 14.3. The third kappa shape index (κ3) is 4.94. The summed E-state index contributed by atoms with van der Waals surface area (Å²) in [4.78, 5) is 5.45. The first-order valence-electron chi connectivity index (χ1n) is 9.59. The smallest absolute Gasteiger partial charge is 0.0235 e. The monoisotopic (exact) mass is 293 g/mol. The van der Waals surface area contributed by atoms with E-state index in [0.717, 1.165) is 12.0 Å². The summed E-state index contributed by atoms with van der Waals surface area (Å²) in [6.45, 7) is 9.10. The average Bonchev–Trinajstić information content (AvgIpc) is 3.02. The molecule has 1 unspecified atom stereocenters. The van der Waals surface area contributed by atoms with Gasteiger partial charge in [0.25, 0.3) is 0 Å². The molecule has 0 aromatic heterocycles. The molecule has 1 atom stereocenters. The van der Waals surface area contributed by atoms with Crippen LogP contribution in [0.15, 0.2) is 0 Å². The van der Waals surface area contributed by atoms with Gasteiger partial charge in [-0.1, -0.05) is 25.7 Å². The van der Waals surface area contributed by atoms with Crippen LogP contribution in [0.3, 0.4) is 0 Å². The SMILES string of the molecule is C1CCC(CNCCN2CCC(N3CCCCC3)C2)CC1. The van der Waals surface area contributed by atoms with Gasteiger partial charge >= 0.3 is 0 Å². The van der Waals surface area contributed by atoms with E-state index in [1.54, 1.807) is 0 Å². The summed E-state index contributed by atoms with van der Waals surface area (Å²) in [5, 5.41) is 3.72. The van der Waals surface area contributed by atoms with Gasteiger partial charge < -0.3 is 10.2 Å². The molecule has 3 rings (SSSR count). The van der Waals surface area contributed by atoms with Crippen LogP contribution < -0.4 is 5.32 Å². The van der Waals surface area contributed by atoms with Gasteiger partial charge in [0.05, 0.1) is 0 Å². The van der Waals surface area contributed by atoms with Crippen LogP contribution >= 0.6 is 0 Å². The van der Waals surface area contributed by atoms with E-state index in [1.807, 2.05) is 0 Å². The van der Waals surface area contributed by atoms with Crippen molar-refractivity contribution in [1.29, 1.82) is 0 Å². The van der Waals surface area contributed by atoms with Gasteiger partial charge in [-0.15, -0.1) is 0 Å². The van der Waals surface area contributed by atoms with Crippen molar-refractivity contribution < 1.29 is 0 Å². The molecule has 2 saturated heterocycles. The minimum Gasteiger partial charge on any atom is -0.315 e. The molecule has 1 N–H and O–H groups in total. The van der Waals surface area contributed by atoms with Crippen molar-refractivity contribution in [1.82, 2.24) is 15.1 Å². The Labute approximate surface area is 131 Å². The van der Waals surface area contributed by atoms with Crippen molar-refractivity contribution in [3.05, 3.63) is 0 Å². The van der Waals surface area contributed by atoms with Gasteiger partial charge in [-0.05, 0) is 64.2 Å². The van der Waals surface area contributed by atoms with Crippen LogP contribution in [0, 0.1) is 5.92 Å². The highest BCUT2D eigenvalue weighted by atomic mass is 15.3. The molecule has 0 radical (unpaired) electrons. The first kappa shape index (κ1) is 15.8. The molecule has 2 heterocycles. The highest BCUT2D eigenvalue weighted by molar-refractivity contribution is 4.85. The van der Waals surface area contributed by atoms with Gasteiger partial charge in [0.15, 0.2) is 0 Å². The molecule has 122 valence electrons. The lowest BCUT2D eigenvalue weighted by Gasteiger charge is -2.32. The quantitative estimate of drug-likeness (QED) is 0.760. The number of piperidine rings is 1. The van der Waals surface area contributed by atoms with E-state index < -0.39 is 0 Å². The lowest BCUT2D eigenvalue weighted by Crippen LogP contribution is -2.41. The normalized spacial score (nSPS) is 30.0. The van der Waals surface area contributed by atoms with Crippen molar-refractivity contribution in [3.63, 3.8) is 0 Å². The van der Waals surface area contributed by atoms with Crippen LogP contribution in [0.5, 0.6) is 0 Å². The fourth-order valence-corrected chi connectivity index (χ4v) is 4.53. The maximum absolute atomic E-state index is 3.72. The molecule has 0 aromatic rings. The Bertz CT molecular complexity index is 282. The first-order valence-corrected chi connectivity index (χ1v) is 9.59. The summed E-state index contributed by atoms with van der Waals surface area (Å²) in [7, 11) is 0. The molecule has 3 nitrogen and oxygen atoms in total. The molecule has 3 aliphatic rings. The number of hydrogen-bond donors (Lipinski definition) is 1. The Kier molecular flexibility index (Phi) is 6.38.